The first-order chi connectivity index (χ1) is 7.88. The van der Waals surface area contributed by atoms with Crippen LogP contribution in [-0.2, 0) is 4.74 Å². The maximum absolute atomic E-state index is 5.39. The van der Waals surface area contributed by atoms with Crippen molar-refractivity contribution in [2.24, 2.45) is 0 Å². The summed E-state index contributed by atoms with van der Waals surface area (Å²) in [4.78, 5) is 2.64. The lowest BCUT2D eigenvalue weighted by atomic mass is 9.88. The van der Waals surface area contributed by atoms with Gasteiger partial charge in [0.25, 0.3) is 0 Å². The SMILES string of the molecule is CCC1CNC(C)(CC)CN1C(C)(C)COC. The molecule has 3 nitrogen and oxygen atoms in total. The normalized spacial score (nSPS) is 31.8. The summed E-state index contributed by atoms with van der Waals surface area (Å²) in [5, 5.41) is 3.71. The quantitative estimate of drug-likeness (QED) is 0.800. The predicted molar refractivity (Wildman–Crippen MR) is 73.4 cm³/mol. The van der Waals surface area contributed by atoms with Crippen molar-refractivity contribution in [1.29, 1.82) is 0 Å². The van der Waals surface area contributed by atoms with Crippen molar-refractivity contribution >= 4 is 0 Å². The Kier molecular flexibility index (Phi) is 4.99. The average molecular weight is 242 g/mol. The van der Waals surface area contributed by atoms with Gasteiger partial charge >= 0.3 is 0 Å². The van der Waals surface area contributed by atoms with Crippen molar-refractivity contribution in [1.82, 2.24) is 10.2 Å². The van der Waals surface area contributed by atoms with Gasteiger partial charge < -0.3 is 10.1 Å². The monoisotopic (exact) mass is 242 g/mol. The number of nitrogens with one attached hydrogen (secondary N) is 1. The Morgan fingerprint density at radius 2 is 2.06 bits per heavy atom. The lowest BCUT2D eigenvalue weighted by Crippen LogP contribution is -2.68. The van der Waals surface area contributed by atoms with E-state index in [1.165, 1.54) is 12.8 Å². The van der Waals surface area contributed by atoms with E-state index in [9.17, 15) is 0 Å². The minimum absolute atomic E-state index is 0.119. The fourth-order valence-corrected chi connectivity index (χ4v) is 2.78. The van der Waals surface area contributed by atoms with Crippen LogP contribution in [0.4, 0.5) is 0 Å². The van der Waals surface area contributed by atoms with Gasteiger partial charge in [0.1, 0.15) is 0 Å². The minimum Gasteiger partial charge on any atom is -0.383 e. The Labute approximate surface area is 107 Å². The zero-order valence-corrected chi connectivity index (χ0v) is 12.5. The molecule has 0 aromatic heterocycles. The zero-order valence-electron chi connectivity index (χ0n) is 12.5. The summed E-state index contributed by atoms with van der Waals surface area (Å²) in [6.07, 6.45) is 2.36. The van der Waals surface area contributed by atoms with Crippen molar-refractivity contribution in [2.75, 3.05) is 26.8 Å². The third-order valence-electron chi connectivity index (χ3n) is 4.25. The van der Waals surface area contributed by atoms with E-state index in [1.807, 2.05) is 0 Å². The zero-order chi connectivity index (χ0) is 13.1. The molecule has 2 atom stereocenters. The van der Waals surface area contributed by atoms with Gasteiger partial charge in [-0.3, -0.25) is 4.90 Å². The number of piperazine rings is 1. The molecule has 0 saturated carbocycles. The molecule has 102 valence electrons. The Morgan fingerprint density at radius 3 is 2.53 bits per heavy atom. The second-order valence-corrected chi connectivity index (χ2v) is 6.23. The molecule has 1 fully saturated rings. The van der Waals surface area contributed by atoms with Crippen molar-refractivity contribution in [2.45, 2.75) is 64.6 Å². The van der Waals surface area contributed by atoms with Crippen LogP contribution < -0.4 is 5.32 Å². The van der Waals surface area contributed by atoms with Crippen LogP contribution in [0.15, 0.2) is 0 Å². The smallest absolute Gasteiger partial charge is 0.0641 e. The van der Waals surface area contributed by atoms with Gasteiger partial charge in [-0.2, -0.15) is 0 Å². The van der Waals surface area contributed by atoms with E-state index in [2.05, 4.69) is 44.8 Å². The molecule has 1 N–H and O–H groups in total. The lowest BCUT2D eigenvalue weighted by Gasteiger charge is -2.52. The first kappa shape index (κ1) is 14.9. The van der Waals surface area contributed by atoms with E-state index in [1.54, 1.807) is 7.11 Å². The number of hydrogen-bond donors (Lipinski definition) is 1. The number of nitrogens with zero attached hydrogens (tertiary/aromatic N) is 1. The molecule has 0 amide bonds. The molecule has 17 heavy (non-hydrogen) atoms. The molecule has 0 radical (unpaired) electrons. The largest absolute Gasteiger partial charge is 0.383 e. The van der Waals surface area contributed by atoms with Crippen molar-refractivity contribution < 1.29 is 4.74 Å². The highest BCUT2D eigenvalue weighted by atomic mass is 16.5. The summed E-state index contributed by atoms with van der Waals surface area (Å²) in [7, 11) is 1.80. The highest BCUT2D eigenvalue weighted by molar-refractivity contribution is 4.99. The van der Waals surface area contributed by atoms with Gasteiger partial charge in [-0.1, -0.05) is 13.8 Å². The fourth-order valence-electron chi connectivity index (χ4n) is 2.78. The molecule has 0 spiro atoms. The average Bonchev–Trinajstić information content (AvgIpc) is 2.29. The standard InChI is InChI=1S/C14H30N2O/c1-7-12-9-15-14(5,8-2)10-16(12)13(3,4)11-17-6/h12,15H,7-11H2,1-6H3. The van der Waals surface area contributed by atoms with E-state index < -0.39 is 0 Å². The first-order valence-electron chi connectivity index (χ1n) is 6.89. The number of hydrogen-bond acceptors (Lipinski definition) is 3. The summed E-state index contributed by atoms with van der Waals surface area (Å²) in [5.74, 6) is 0. The Morgan fingerprint density at radius 1 is 1.41 bits per heavy atom. The van der Waals surface area contributed by atoms with Gasteiger partial charge in [-0.15, -0.1) is 0 Å². The predicted octanol–water partition coefficient (Wildman–Crippen LogP) is 2.26. The van der Waals surface area contributed by atoms with E-state index >= 15 is 0 Å². The van der Waals surface area contributed by atoms with Crippen molar-refractivity contribution in [3.63, 3.8) is 0 Å². The van der Waals surface area contributed by atoms with E-state index in [0.29, 0.717) is 6.04 Å². The van der Waals surface area contributed by atoms with Crippen LogP contribution in [0.5, 0.6) is 0 Å². The summed E-state index contributed by atoms with van der Waals surface area (Å²) < 4.78 is 5.39. The van der Waals surface area contributed by atoms with Crippen LogP contribution in [0.2, 0.25) is 0 Å². The lowest BCUT2D eigenvalue weighted by molar-refractivity contribution is -0.0351. The number of ether oxygens (including phenoxy) is 1. The van der Waals surface area contributed by atoms with Gasteiger partial charge in [0, 0.05) is 37.3 Å². The summed E-state index contributed by atoms with van der Waals surface area (Å²) >= 11 is 0. The van der Waals surface area contributed by atoms with Crippen LogP contribution in [0, 0.1) is 0 Å². The van der Waals surface area contributed by atoms with Crippen LogP contribution >= 0.6 is 0 Å². The minimum atomic E-state index is 0.119. The maximum atomic E-state index is 5.39. The highest BCUT2D eigenvalue weighted by Crippen LogP contribution is 2.27. The van der Waals surface area contributed by atoms with Crippen molar-refractivity contribution in [3.8, 4) is 0 Å². The molecule has 1 aliphatic rings. The molecule has 0 aromatic carbocycles. The third-order valence-corrected chi connectivity index (χ3v) is 4.25. The first-order valence-corrected chi connectivity index (χ1v) is 6.89. The molecule has 1 saturated heterocycles. The second-order valence-electron chi connectivity index (χ2n) is 6.23. The van der Waals surface area contributed by atoms with Gasteiger partial charge in [0.05, 0.1) is 6.61 Å². The molecule has 1 aliphatic heterocycles. The fraction of sp³-hybridized carbons (Fsp3) is 1.00. The Balaban J connectivity index is 2.83. The van der Waals surface area contributed by atoms with E-state index in [0.717, 1.165) is 19.7 Å². The molecule has 0 aliphatic carbocycles. The summed E-state index contributed by atoms with van der Waals surface area (Å²) in [6, 6.07) is 0.625. The van der Waals surface area contributed by atoms with Crippen LogP contribution in [0.25, 0.3) is 0 Å². The van der Waals surface area contributed by atoms with Crippen molar-refractivity contribution in [3.05, 3.63) is 0 Å². The second kappa shape index (κ2) is 5.68. The summed E-state index contributed by atoms with van der Waals surface area (Å²) in [5.41, 5.74) is 0.366. The molecule has 1 rings (SSSR count). The molecule has 3 heteroatoms. The van der Waals surface area contributed by atoms with Gasteiger partial charge in [-0.25, -0.2) is 0 Å². The van der Waals surface area contributed by atoms with Crippen LogP contribution in [0.3, 0.4) is 0 Å². The topological polar surface area (TPSA) is 24.5 Å². The van der Waals surface area contributed by atoms with Crippen LogP contribution in [0.1, 0.15) is 47.5 Å². The third kappa shape index (κ3) is 3.43. The molecule has 0 aromatic rings. The molecule has 1 heterocycles. The Bertz CT molecular complexity index is 242. The van der Waals surface area contributed by atoms with Gasteiger partial charge in [0.15, 0.2) is 0 Å². The molecular weight excluding hydrogens is 212 g/mol. The van der Waals surface area contributed by atoms with Gasteiger partial charge in [-0.05, 0) is 33.6 Å². The highest BCUT2D eigenvalue weighted by Gasteiger charge is 2.40. The van der Waals surface area contributed by atoms with Gasteiger partial charge in [0.2, 0.25) is 0 Å². The molecular formula is C14H30N2O. The number of rotatable bonds is 5. The van der Waals surface area contributed by atoms with E-state index in [-0.39, 0.29) is 11.1 Å². The molecule has 2 unspecified atom stereocenters. The summed E-state index contributed by atoms with van der Waals surface area (Å²) in [6.45, 7) is 14.4. The number of methoxy groups -OCH3 is 1. The maximum Gasteiger partial charge on any atom is 0.0641 e. The Hall–Kier alpha value is -0.120. The van der Waals surface area contributed by atoms with E-state index in [4.69, 9.17) is 4.74 Å². The molecule has 0 bridgehead atoms. The van der Waals surface area contributed by atoms with Crippen LogP contribution in [-0.4, -0.2) is 48.8 Å².